The topological polar surface area (TPSA) is 55.6 Å². The van der Waals surface area contributed by atoms with Gasteiger partial charge in [-0.2, -0.15) is 0 Å². The highest BCUT2D eigenvalue weighted by Crippen LogP contribution is 2.58. The van der Waals surface area contributed by atoms with Gasteiger partial charge in [-0.25, -0.2) is 13.7 Å². The van der Waals surface area contributed by atoms with Gasteiger partial charge in [-0.3, -0.25) is 4.79 Å². The third kappa shape index (κ3) is 3.95. The Bertz CT molecular complexity index is 1120. The summed E-state index contributed by atoms with van der Waals surface area (Å²) in [4.78, 5) is 15.1. The second-order valence-electron chi connectivity index (χ2n) is 10.7. The predicted molar refractivity (Wildman–Crippen MR) is 125 cm³/mol. The van der Waals surface area contributed by atoms with Crippen LogP contribution in [-0.4, -0.2) is 28.7 Å². The molecule has 2 saturated heterocycles. The molecule has 33 heavy (non-hydrogen) atoms. The molecule has 2 aliphatic heterocycles. The Morgan fingerprint density at radius 2 is 1.67 bits per heavy atom. The molecule has 4 rings (SSSR count). The van der Waals surface area contributed by atoms with Gasteiger partial charge in [0.2, 0.25) is 0 Å². The first-order valence-corrected chi connectivity index (χ1v) is 11.6. The van der Waals surface area contributed by atoms with Crippen molar-refractivity contribution in [2.45, 2.75) is 70.3 Å². The van der Waals surface area contributed by atoms with E-state index in [0.29, 0.717) is 11.4 Å². The van der Waals surface area contributed by atoms with Crippen molar-refractivity contribution < 1.29 is 18.3 Å². The van der Waals surface area contributed by atoms with E-state index < -0.39 is 46.9 Å². The number of nitrogens with zero attached hydrogens (tertiary/aromatic N) is 1. The molecule has 2 aromatic carbocycles. The fourth-order valence-corrected chi connectivity index (χ4v) is 5.93. The Labute approximate surface area is 203 Å². The summed E-state index contributed by atoms with van der Waals surface area (Å²) in [5.74, 6) is -2.65. The van der Waals surface area contributed by atoms with Crippen LogP contribution in [0.15, 0.2) is 36.4 Å². The number of nitrogens with two attached hydrogens (primary N) is 1. The molecule has 0 amide bonds. The largest absolute Gasteiger partial charge is 0.443 e. The van der Waals surface area contributed by atoms with Crippen molar-refractivity contribution in [3.63, 3.8) is 0 Å². The lowest BCUT2D eigenvalue weighted by molar-refractivity contribution is -0.152. The van der Waals surface area contributed by atoms with Gasteiger partial charge in [0.15, 0.2) is 5.72 Å². The number of cyclic esters (lactones) is 1. The Balaban J connectivity index is 2.06. The fourth-order valence-electron chi connectivity index (χ4n) is 5.59. The van der Waals surface area contributed by atoms with E-state index in [1.807, 2.05) is 25.7 Å². The first kappa shape index (κ1) is 24.4. The molecule has 0 saturated carbocycles. The normalized spacial score (nSPS) is 29.3. The van der Waals surface area contributed by atoms with Crippen molar-refractivity contribution in [3.05, 3.63) is 69.2 Å². The van der Waals surface area contributed by atoms with Crippen molar-refractivity contribution in [1.82, 2.24) is 4.90 Å². The summed E-state index contributed by atoms with van der Waals surface area (Å²) in [5.41, 5.74) is 4.79. The molecule has 2 heterocycles. The highest BCUT2D eigenvalue weighted by molar-refractivity contribution is 6.30. The second-order valence-corrected chi connectivity index (χ2v) is 11.6. The predicted octanol–water partition coefficient (Wildman–Crippen LogP) is 5.99. The van der Waals surface area contributed by atoms with E-state index in [1.165, 1.54) is 30.3 Å². The summed E-state index contributed by atoms with van der Waals surface area (Å²) in [6, 6.07) is 6.94. The molecule has 2 fully saturated rings. The molecule has 2 aliphatic rings. The van der Waals surface area contributed by atoms with Crippen LogP contribution in [0.4, 0.5) is 8.78 Å². The third-order valence-corrected chi connectivity index (χ3v) is 7.20. The van der Waals surface area contributed by atoms with E-state index in [2.05, 4.69) is 0 Å². The average molecular weight is 497 g/mol. The SMILES string of the molecule is CC(C)(C)CC1N2C(C(=O)OC2(C)C)C(c2cc(Cl)ccc2F)C1(N)c1ccc(Cl)cc1F. The molecule has 4 nitrogen and oxygen atoms in total. The first-order valence-electron chi connectivity index (χ1n) is 10.9. The number of fused-ring (bicyclic) bond motifs is 1. The Hall–Kier alpha value is -1.73. The smallest absolute Gasteiger partial charge is 0.325 e. The van der Waals surface area contributed by atoms with Gasteiger partial charge in [0.1, 0.15) is 17.7 Å². The number of benzene rings is 2. The number of halogens is 4. The Morgan fingerprint density at radius 3 is 2.27 bits per heavy atom. The molecule has 0 radical (unpaired) electrons. The zero-order valence-corrected chi connectivity index (χ0v) is 20.8. The Kier molecular flexibility index (Phi) is 5.85. The lowest BCUT2D eigenvalue weighted by Crippen LogP contribution is -2.57. The maximum atomic E-state index is 15.5. The van der Waals surface area contributed by atoms with Gasteiger partial charge in [0.25, 0.3) is 0 Å². The lowest BCUT2D eigenvalue weighted by Gasteiger charge is -2.44. The standard InChI is InChI=1S/C25H28Cl2F2N2O2/c1-23(2,3)12-19-25(30,16-8-6-14(27)11-18(16)29)20(15-10-13(26)7-9-17(15)28)21-22(32)33-24(4,5)31(19)21/h6-11,19-21H,12,30H2,1-5H3. The Morgan fingerprint density at radius 1 is 1.06 bits per heavy atom. The number of ether oxygens (including phenoxy) is 1. The minimum Gasteiger partial charge on any atom is -0.443 e. The number of carbonyl (C=O) groups is 1. The molecule has 0 aromatic heterocycles. The van der Waals surface area contributed by atoms with Crippen LogP contribution in [0.25, 0.3) is 0 Å². The van der Waals surface area contributed by atoms with Crippen LogP contribution in [0.2, 0.25) is 10.0 Å². The molecule has 8 heteroatoms. The molecule has 4 atom stereocenters. The van der Waals surface area contributed by atoms with Gasteiger partial charge < -0.3 is 10.5 Å². The number of rotatable bonds is 3. The minimum absolute atomic E-state index is 0.153. The van der Waals surface area contributed by atoms with Gasteiger partial charge in [0, 0.05) is 27.6 Å². The maximum absolute atomic E-state index is 15.5. The van der Waals surface area contributed by atoms with Crippen LogP contribution in [0.5, 0.6) is 0 Å². The van der Waals surface area contributed by atoms with E-state index in [9.17, 15) is 4.79 Å². The number of hydrogen-bond acceptors (Lipinski definition) is 4. The highest BCUT2D eigenvalue weighted by Gasteiger charge is 2.69. The average Bonchev–Trinajstić information content (AvgIpc) is 3.05. The zero-order valence-electron chi connectivity index (χ0n) is 19.3. The van der Waals surface area contributed by atoms with E-state index in [1.54, 1.807) is 19.9 Å². The van der Waals surface area contributed by atoms with E-state index in [4.69, 9.17) is 33.7 Å². The third-order valence-electron chi connectivity index (χ3n) is 6.73. The van der Waals surface area contributed by atoms with Crippen molar-refractivity contribution in [3.8, 4) is 0 Å². The van der Waals surface area contributed by atoms with E-state index in [0.717, 1.165) is 0 Å². The molecule has 0 aliphatic carbocycles. The number of esters is 1. The summed E-state index contributed by atoms with van der Waals surface area (Å²) in [7, 11) is 0. The van der Waals surface area contributed by atoms with Crippen LogP contribution in [0, 0.1) is 17.0 Å². The van der Waals surface area contributed by atoms with Crippen molar-refractivity contribution in [1.29, 1.82) is 0 Å². The number of carbonyl (C=O) groups excluding carboxylic acids is 1. The summed E-state index contributed by atoms with van der Waals surface area (Å²) in [6.45, 7) is 9.67. The quantitative estimate of drug-likeness (QED) is 0.530. The van der Waals surface area contributed by atoms with Crippen LogP contribution in [0.3, 0.4) is 0 Å². The van der Waals surface area contributed by atoms with E-state index >= 15 is 8.78 Å². The summed E-state index contributed by atoms with van der Waals surface area (Å²) in [5, 5.41) is 0.512. The van der Waals surface area contributed by atoms with Crippen molar-refractivity contribution in [2.24, 2.45) is 11.1 Å². The minimum atomic E-state index is -1.48. The van der Waals surface area contributed by atoms with Gasteiger partial charge in [0.05, 0.1) is 5.54 Å². The maximum Gasteiger partial charge on any atom is 0.325 e. The van der Waals surface area contributed by atoms with Gasteiger partial charge in [-0.15, -0.1) is 0 Å². The summed E-state index contributed by atoms with van der Waals surface area (Å²) < 4.78 is 36.5. The van der Waals surface area contributed by atoms with Crippen molar-refractivity contribution >= 4 is 29.2 Å². The molecule has 2 aromatic rings. The summed E-state index contributed by atoms with van der Waals surface area (Å²) >= 11 is 12.3. The molecule has 4 unspecified atom stereocenters. The van der Waals surface area contributed by atoms with Gasteiger partial charge in [-0.05, 0) is 61.6 Å². The van der Waals surface area contributed by atoms with E-state index in [-0.39, 0.29) is 21.6 Å². The van der Waals surface area contributed by atoms with Crippen LogP contribution in [-0.2, 0) is 15.1 Å². The summed E-state index contributed by atoms with van der Waals surface area (Å²) in [6.07, 6.45) is 0.501. The molecular weight excluding hydrogens is 469 g/mol. The molecule has 178 valence electrons. The van der Waals surface area contributed by atoms with Crippen LogP contribution < -0.4 is 5.73 Å². The second kappa shape index (κ2) is 7.91. The molecule has 2 N–H and O–H groups in total. The number of hydrogen-bond donors (Lipinski definition) is 1. The van der Waals surface area contributed by atoms with Crippen molar-refractivity contribution in [2.75, 3.05) is 0 Å². The molecular formula is C25H28Cl2F2N2O2. The van der Waals surface area contributed by atoms with Gasteiger partial charge >= 0.3 is 5.97 Å². The zero-order chi connectivity index (χ0) is 24.5. The molecule has 0 bridgehead atoms. The first-order chi connectivity index (χ1) is 15.2. The fraction of sp³-hybridized carbons (Fsp3) is 0.480. The monoisotopic (exact) mass is 496 g/mol. The van der Waals surface area contributed by atoms with Crippen LogP contribution >= 0.6 is 23.2 Å². The highest BCUT2D eigenvalue weighted by atomic mass is 35.5. The molecule has 0 spiro atoms. The van der Waals surface area contributed by atoms with Crippen LogP contribution in [0.1, 0.15) is 58.1 Å². The lowest BCUT2D eigenvalue weighted by atomic mass is 9.68. The van der Waals surface area contributed by atoms with Gasteiger partial charge in [-0.1, -0.05) is 50.0 Å².